The number of piperidine rings is 1. The summed E-state index contributed by atoms with van der Waals surface area (Å²) in [6, 6.07) is 4.17. The first-order chi connectivity index (χ1) is 11.2. The molecule has 2 aliphatic heterocycles. The molecule has 0 aromatic carbocycles. The molecule has 0 amide bonds. The molecule has 0 saturated carbocycles. The van der Waals surface area contributed by atoms with E-state index in [-0.39, 0.29) is 5.60 Å². The maximum absolute atomic E-state index is 6.28. The molecule has 0 bridgehead atoms. The first-order valence-corrected chi connectivity index (χ1v) is 8.46. The topological polar surface area (TPSA) is 43.2 Å². The second-order valence-electron chi connectivity index (χ2n) is 6.98. The summed E-state index contributed by atoms with van der Waals surface area (Å²) < 4.78 is 8.17. The molecule has 2 fully saturated rings. The molecule has 122 valence electrons. The summed E-state index contributed by atoms with van der Waals surface area (Å²) in [5, 5.41) is 4.30. The Morgan fingerprint density at radius 3 is 2.87 bits per heavy atom. The number of pyridine rings is 1. The van der Waals surface area contributed by atoms with Gasteiger partial charge in [0.1, 0.15) is 0 Å². The zero-order valence-electron chi connectivity index (χ0n) is 13.7. The third-order valence-corrected chi connectivity index (χ3v) is 5.30. The summed E-state index contributed by atoms with van der Waals surface area (Å²) in [7, 11) is 1.98. The second kappa shape index (κ2) is 6.06. The van der Waals surface area contributed by atoms with Gasteiger partial charge in [0, 0.05) is 51.2 Å². The van der Waals surface area contributed by atoms with Crippen molar-refractivity contribution < 1.29 is 4.74 Å². The van der Waals surface area contributed by atoms with Crippen molar-refractivity contribution in [3.05, 3.63) is 48.0 Å². The van der Waals surface area contributed by atoms with E-state index in [0.29, 0.717) is 5.92 Å². The number of hydrogen-bond donors (Lipinski definition) is 0. The molecule has 0 aliphatic carbocycles. The van der Waals surface area contributed by atoms with Crippen molar-refractivity contribution in [2.45, 2.75) is 37.3 Å². The summed E-state index contributed by atoms with van der Waals surface area (Å²) in [5.74, 6) is 0.508. The van der Waals surface area contributed by atoms with Gasteiger partial charge in [-0.2, -0.15) is 5.10 Å². The van der Waals surface area contributed by atoms with Gasteiger partial charge in [-0.15, -0.1) is 0 Å². The first-order valence-electron chi connectivity index (χ1n) is 8.46. The quantitative estimate of drug-likeness (QED) is 0.872. The van der Waals surface area contributed by atoms with Gasteiger partial charge in [-0.3, -0.25) is 14.6 Å². The zero-order valence-corrected chi connectivity index (χ0v) is 13.7. The third-order valence-electron chi connectivity index (χ3n) is 5.30. The van der Waals surface area contributed by atoms with Crippen molar-refractivity contribution in [3.8, 4) is 0 Å². The molecule has 0 radical (unpaired) electrons. The van der Waals surface area contributed by atoms with E-state index in [1.54, 1.807) is 0 Å². The van der Waals surface area contributed by atoms with Crippen molar-refractivity contribution in [2.75, 3.05) is 19.7 Å². The molecular weight excluding hydrogens is 288 g/mol. The Hall–Kier alpha value is -1.72. The molecule has 4 heterocycles. The average molecular weight is 312 g/mol. The lowest BCUT2D eigenvalue weighted by Gasteiger charge is -2.38. The van der Waals surface area contributed by atoms with Gasteiger partial charge in [-0.05, 0) is 36.5 Å². The number of aryl methyl sites for hydroxylation is 1. The van der Waals surface area contributed by atoms with Crippen LogP contribution in [0.3, 0.4) is 0 Å². The van der Waals surface area contributed by atoms with Crippen molar-refractivity contribution in [2.24, 2.45) is 7.05 Å². The minimum Gasteiger partial charge on any atom is -0.374 e. The van der Waals surface area contributed by atoms with Gasteiger partial charge in [0.25, 0.3) is 0 Å². The van der Waals surface area contributed by atoms with Crippen LogP contribution in [-0.2, 0) is 18.3 Å². The Morgan fingerprint density at radius 2 is 2.17 bits per heavy atom. The fourth-order valence-electron chi connectivity index (χ4n) is 3.93. The van der Waals surface area contributed by atoms with E-state index in [4.69, 9.17) is 4.74 Å². The van der Waals surface area contributed by atoms with Crippen LogP contribution in [0, 0.1) is 0 Å². The lowest BCUT2D eigenvalue weighted by atomic mass is 9.84. The van der Waals surface area contributed by atoms with Crippen LogP contribution in [-0.4, -0.2) is 45.0 Å². The summed E-state index contributed by atoms with van der Waals surface area (Å²) in [6.45, 7) is 4.05. The van der Waals surface area contributed by atoms with Crippen molar-refractivity contribution in [3.63, 3.8) is 0 Å². The monoisotopic (exact) mass is 312 g/mol. The third kappa shape index (κ3) is 3.16. The van der Waals surface area contributed by atoms with Crippen molar-refractivity contribution >= 4 is 0 Å². The fraction of sp³-hybridized carbons (Fsp3) is 0.556. The average Bonchev–Trinajstić information content (AvgIpc) is 3.18. The van der Waals surface area contributed by atoms with E-state index >= 15 is 0 Å². The van der Waals surface area contributed by atoms with Gasteiger partial charge in [0.05, 0.1) is 18.4 Å². The molecule has 1 spiro atoms. The molecule has 2 aromatic heterocycles. The van der Waals surface area contributed by atoms with Crippen LogP contribution < -0.4 is 0 Å². The highest BCUT2D eigenvalue weighted by molar-refractivity contribution is 5.16. The highest BCUT2D eigenvalue weighted by atomic mass is 16.5. The molecular formula is C18H24N4O. The number of ether oxygens (including phenoxy) is 1. The smallest absolute Gasteiger partial charge is 0.0713 e. The Morgan fingerprint density at radius 1 is 1.30 bits per heavy atom. The summed E-state index contributed by atoms with van der Waals surface area (Å²) in [5.41, 5.74) is 2.71. The van der Waals surface area contributed by atoms with Crippen molar-refractivity contribution in [1.82, 2.24) is 19.7 Å². The highest BCUT2D eigenvalue weighted by Gasteiger charge is 2.43. The maximum atomic E-state index is 6.28. The predicted octanol–water partition coefficient (Wildman–Crippen LogP) is 2.35. The molecule has 2 aromatic rings. The fourth-order valence-corrected chi connectivity index (χ4v) is 3.93. The summed E-state index contributed by atoms with van der Waals surface area (Å²) in [4.78, 5) is 6.72. The SMILES string of the molecule is Cn1cc([C@@H]2COC3(CCN(Cc4cccnc4)CC3)C2)cn1. The molecule has 5 heteroatoms. The number of aromatic nitrogens is 3. The lowest BCUT2D eigenvalue weighted by molar-refractivity contribution is -0.0448. The van der Waals surface area contributed by atoms with Gasteiger partial charge >= 0.3 is 0 Å². The molecule has 23 heavy (non-hydrogen) atoms. The minimum atomic E-state index is 0.0892. The van der Waals surface area contributed by atoms with Gasteiger partial charge in [-0.1, -0.05) is 6.07 Å². The molecule has 0 unspecified atom stereocenters. The van der Waals surface area contributed by atoms with Crippen LogP contribution in [0.15, 0.2) is 36.9 Å². The van der Waals surface area contributed by atoms with E-state index in [1.807, 2.05) is 36.4 Å². The lowest BCUT2D eigenvalue weighted by Crippen LogP contribution is -2.43. The van der Waals surface area contributed by atoms with E-state index in [9.17, 15) is 0 Å². The molecule has 0 N–H and O–H groups in total. The van der Waals surface area contributed by atoms with E-state index in [2.05, 4.69) is 27.2 Å². The van der Waals surface area contributed by atoms with Crippen LogP contribution in [0.5, 0.6) is 0 Å². The van der Waals surface area contributed by atoms with Crippen LogP contribution in [0.1, 0.15) is 36.3 Å². The minimum absolute atomic E-state index is 0.0892. The van der Waals surface area contributed by atoms with E-state index in [1.165, 1.54) is 11.1 Å². The number of likely N-dealkylation sites (tertiary alicyclic amines) is 1. The Kier molecular flexibility index (Phi) is 3.91. The standard InChI is InChI=1S/C18H24N4O/c1-21-13-17(11-20-21)16-9-18(23-14-16)4-7-22(8-5-18)12-15-3-2-6-19-10-15/h2-3,6,10-11,13,16H,4-5,7-9,12,14H2,1H3/t16-/m0/s1. The number of hydrogen-bond acceptors (Lipinski definition) is 4. The number of rotatable bonds is 3. The van der Waals surface area contributed by atoms with Gasteiger partial charge in [0.2, 0.25) is 0 Å². The van der Waals surface area contributed by atoms with Crippen LogP contribution >= 0.6 is 0 Å². The van der Waals surface area contributed by atoms with Gasteiger partial charge in [-0.25, -0.2) is 0 Å². The van der Waals surface area contributed by atoms with Crippen LogP contribution in [0.2, 0.25) is 0 Å². The largest absolute Gasteiger partial charge is 0.374 e. The first kappa shape index (κ1) is 14.8. The van der Waals surface area contributed by atoms with Gasteiger partial charge < -0.3 is 4.74 Å². The Balaban J connectivity index is 1.34. The number of nitrogens with zero attached hydrogens (tertiary/aromatic N) is 4. The van der Waals surface area contributed by atoms with Crippen LogP contribution in [0.4, 0.5) is 0 Å². The predicted molar refractivity (Wildman–Crippen MR) is 88.0 cm³/mol. The Bertz CT molecular complexity index is 646. The highest BCUT2D eigenvalue weighted by Crippen LogP contribution is 2.42. The van der Waals surface area contributed by atoms with E-state index in [0.717, 1.165) is 45.5 Å². The van der Waals surface area contributed by atoms with Gasteiger partial charge in [0.15, 0.2) is 0 Å². The Labute approximate surface area is 137 Å². The second-order valence-corrected chi connectivity index (χ2v) is 6.98. The molecule has 5 nitrogen and oxygen atoms in total. The zero-order chi connectivity index (χ0) is 15.7. The van der Waals surface area contributed by atoms with Crippen molar-refractivity contribution in [1.29, 1.82) is 0 Å². The van der Waals surface area contributed by atoms with Crippen LogP contribution in [0.25, 0.3) is 0 Å². The summed E-state index contributed by atoms with van der Waals surface area (Å²) >= 11 is 0. The molecule has 4 rings (SSSR count). The maximum Gasteiger partial charge on any atom is 0.0713 e. The normalized spacial score (nSPS) is 24.3. The molecule has 1 atom stereocenters. The summed E-state index contributed by atoms with van der Waals surface area (Å²) in [6.07, 6.45) is 11.3. The molecule has 2 aliphatic rings. The molecule has 2 saturated heterocycles. The van der Waals surface area contributed by atoms with E-state index < -0.39 is 0 Å².